The van der Waals surface area contributed by atoms with Gasteiger partial charge >= 0.3 is 0 Å². The lowest BCUT2D eigenvalue weighted by Gasteiger charge is -2.36. The molecule has 0 aromatic carbocycles. The van der Waals surface area contributed by atoms with Crippen molar-refractivity contribution < 1.29 is 17.2 Å². The SMILES string of the molecule is CC.CC(=O)NC(C(=O)N1CCC(c2cnc[nH]2)CC1)C(C)OCC1CCCCC1.[HH].[HH]. The zero-order valence-corrected chi connectivity index (χ0v) is 19.2. The molecule has 2 N–H and O–H groups in total. The van der Waals surface area contributed by atoms with Gasteiger partial charge in [-0.3, -0.25) is 9.59 Å². The van der Waals surface area contributed by atoms with Crippen LogP contribution in [0.3, 0.4) is 0 Å². The van der Waals surface area contributed by atoms with Crippen LogP contribution in [-0.4, -0.2) is 58.5 Å². The van der Waals surface area contributed by atoms with E-state index in [4.69, 9.17) is 4.74 Å². The number of hydrogen-bond acceptors (Lipinski definition) is 4. The number of aromatic amines is 1. The largest absolute Gasteiger partial charge is 0.376 e. The molecule has 0 radical (unpaired) electrons. The van der Waals surface area contributed by atoms with Crippen molar-refractivity contribution in [2.45, 2.75) is 90.7 Å². The minimum Gasteiger partial charge on any atom is -0.376 e. The minimum atomic E-state index is -0.621. The van der Waals surface area contributed by atoms with Gasteiger partial charge < -0.3 is 19.9 Å². The molecule has 1 aliphatic carbocycles. The van der Waals surface area contributed by atoms with E-state index in [1.807, 2.05) is 31.9 Å². The Hall–Kier alpha value is -1.89. The zero-order valence-electron chi connectivity index (χ0n) is 19.2. The van der Waals surface area contributed by atoms with E-state index >= 15 is 0 Å². The number of piperidine rings is 1. The van der Waals surface area contributed by atoms with E-state index in [9.17, 15) is 9.59 Å². The average molecular weight is 425 g/mol. The standard InChI is InChI=1S/C21H34N4O3.C2H6.2H2/c1-15(28-13-17-6-4-3-5-7-17)20(24-16(2)26)21(27)25-10-8-18(9-11-25)19-12-22-14-23-19;1-2;;/h12,14-15,17-18,20H,3-11,13H2,1-2H3,(H,22,23)(H,24,26);1-2H3;2*1H. The predicted molar refractivity (Wildman–Crippen MR) is 122 cm³/mol. The number of rotatable bonds is 7. The molecule has 2 unspecified atom stereocenters. The van der Waals surface area contributed by atoms with Crippen LogP contribution in [0.1, 0.15) is 87.1 Å². The molecule has 7 heteroatoms. The Labute approximate surface area is 184 Å². The molecular weight excluding hydrogens is 380 g/mol. The second-order valence-corrected chi connectivity index (χ2v) is 8.33. The monoisotopic (exact) mass is 424 g/mol. The molecule has 7 nitrogen and oxygen atoms in total. The molecular formula is C23H44N4O3. The number of carbonyl (C=O) groups is 2. The minimum absolute atomic E-state index is 0. The van der Waals surface area contributed by atoms with Gasteiger partial charge in [0.2, 0.25) is 11.8 Å². The molecule has 1 saturated carbocycles. The molecule has 174 valence electrons. The Morgan fingerprint density at radius 2 is 1.90 bits per heavy atom. The van der Waals surface area contributed by atoms with Crippen molar-refractivity contribution in [2.24, 2.45) is 5.92 Å². The number of H-pyrrole nitrogens is 1. The fourth-order valence-electron chi connectivity index (χ4n) is 4.43. The molecule has 1 aliphatic heterocycles. The fraction of sp³-hybridized carbons (Fsp3) is 0.783. The van der Waals surface area contributed by atoms with Gasteiger partial charge in [0.25, 0.3) is 0 Å². The van der Waals surface area contributed by atoms with E-state index in [0.29, 0.717) is 31.5 Å². The molecule has 2 heterocycles. The van der Waals surface area contributed by atoms with Crippen molar-refractivity contribution in [2.75, 3.05) is 19.7 Å². The number of nitrogens with one attached hydrogen (secondary N) is 2. The van der Waals surface area contributed by atoms with Gasteiger partial charge in [0.1, 0.15) is 6.04 Å². The number of aromatic nitrogens is 2. The highest BCUT2D eigenvalue weighted by atomic mass is 16.5. The van der Waals surface area contributed by atoms with Crippen LogP contribution >= 0.6 is 0 Å². The third-order valence-electron chi connectivity index (χ3n) is 6.18. The summed E-state index contributed by atoms with van der Waals surface area (Å²) in [6, 6.07) is -0.621. The third kappa shape index (κ3) is 7.11. The predicted octanol–water partition coefficient (Wildman–Crippen LogP) is 4.12. The summed E-state index contributed by atoms with van der Waals surface area (Å²) in [5.74, 6) is 0.758. The smallest absolute Gasteiger partial charge is 0.247 e. The van der Waals surface area contributed by atoms with E-state index in [2.05, 4.69) is 15.3 Å². The number of carbonyl (C=O) groups excluding carboxylic acids is 2. The van der Waals surface area contributed by atoms with Crippen LogP contribution in [0.5, 0.6) is 0 Å². The second-order valence-electron chi connectivity index (χ2n) is 8.33. The van der Waals surface area contributed by atoms with Crippen molar-refractivity contribution in [3.8, 4) is 0 Å². The molecule has 2 atom stereocenters. The van der Waals surface area contributed by atoms with Crippen molar-refractivity contribution >= 4 is 11.8 Å². The first-order valence-corrected chi connectivity index (χ1v) is 11.7. The maximum atomic E-state index is 13.1. The van der Waals surface area contributed by atoms with Gasteiger partial charge in [-0.15, -0.1) is 0 Å². The van der Waals surface area contributed by atoms with Gasteiger partial charge in [-0.1, -0.05) is 33.1 Å². The topological polar surface area (TPSA) is 87.3 Å². The number of ether oxygens (including phenoxy) is 1. The van der Waals surface area contributed by atoms with Gasteiger partial charge in [0.15, 0.2) is 0 Å². The van der Waals surface area contributed by atoms with Crippen molar-refractivity contribution in [1.82, 2.24) is 20.2 Å². The Morgan fingerprint density at radius 3 is 2.47 bits per heavy atom. The van der Waals surface area contributed by atoms with Gasteiger partial charge in [-0.25, -0.2) is 4.98 Å². The summed E-state index contributed by atoms with van der Waals surface area (Å²) in [5.41, 5.74) is 1.13. The number of imidazole rings is 1. The quantitative estimate of drug-likeness (QED) is 0.689. The lowest BCUT2D eigenvalue weighted by molar-refractivity contribution is -0.141. The van der Waals surface area contributed by atoms with Gasteiger partial charge in [0, 0.05) is 47.3 Å². The Balaban J connectivity index is 0.00000234. The first kappa shape index (κ1) is 24.4. The molecule has 2 aliphatic rings. The van der Waals surface area contributed by atoms with Crippen LogP contribution in [0.15, 0.2) is 12.5 Å². The van der Waals surface area contributed by atoms with Crippen LogP contribution in [-0.2, 0) is 14.3 Å². The Morgan fingerprint density at radius 1 is 1.23 bits per heavy atom. The third-order valence-corrected chi connectivity index (χ3v) is 6.18. The highest BCUT2D eigenvalue weighted by Gasteiger charge is 2.33. The zero-order chi connectivity index (χ0) is 21.9. The maximum Gasteiger partial charge on any atom is 0.247 e. The molecule has 2 amide bonds. The average Bonchev–Trinajstić information content (AvgIpc) is 3.32. The van der Waals surface area contributed by atoms with E-state index < -0.39 is 6.04 Å². The highest BCUT2D eigenvalue weighted by molar-refractivity contribution is 5.87. The van der Waals surface area contributed by atoms with Crippen LogP contribution in [0.4, 0.5) is 0 Å². The molecule has 30 heavy (non-hydrogen) atoms. The summed E-state index contributed by atoms with van der Waals surface area (Å²) in [4.78, 5) is 34.0. The maximum absolute atomic E-state index is 13.1. The highest BCUT2D eigenvalue weighted by Crippen LogP contribution is 2.27. The van der Waals surface area contributed by atoms with E-state index in [0.717, 1.165) is 18.5 Å². The van der Waals surface area contributed by atoms with Crippen molar-refractivity contribution in [3.05, 3.63) is 18.2 Å². The first-order chi connectivity index (χ1) is 14.5. The number of amides is 2. The number of likely N-dealkylation sites (tertiary alicyclic amines) is 1. The van der Waals surface area contributed by atoms with Crippen LogP contribution in [0, 0.1) is 5.92 Å². The fourth-order valence-corrected chi connectivity index (χ4v) is 4.43. The van der Waals surface area contributed by atoms with Crippen molar-refractivity contribution in [3.63, 3.8) is 0 Å². The Bertz CT molecular complexity index is 631. The van der Waals surface area contributed by atoms with Crippen LogP contribution < -0.4 is 5.32 Å². The molecule has 0 spiro atoms. The lowest BCUT2D eigenvalue weighted by Crippen LogP contribution is -2.55. The van der Waals surface area contributed by atoms with Gasteiger partial charge in [-0.2, -0.15) is 0 Å². The summed E-state index contributed by atoms with van der Waals surface area (Å²) in [6.07, 6.45) is 11.3. The summed E-state index contributed by atoms with van der Waals surface area (Å²) in [6.45, 7) is 9.41. The second kappa shape index (κ2) is 12.7. The summed E-state index contributed by atoms with van der Waals surface area (Å²) < 4.78 is 6.06. The molecule has 2 fully saturated rings. The summed E-state index contributed by atoms with van der Waals surface area (Å²) in [5, 5.41) is 2.83. The van der Waals surface area contributed by atoms with Gasteiger partial charge in [0.05, 0.1) is 12.4 Å². The molecule has 3 rings (SSSR count). The molecule has 1 saturated heterocycles. The van der Waals surface area contributed by atoms with Gasteiger partial charge in [-0.05, 0) is 38.5 Å². The van der Waals surface area contributed by atoms with E-state index in [-0.39, 0.29) is 20.8 Å². The molecule has 1 aromatic rings. The van der Waals surface area contributed by atoms with Crippen molar-refractivity contribution in [1.29, 1.82) is 0 Å². The lowest BCUT2D eigenvalue weighted by atomic mass is 9.90. The van der Waals surface area contributed by atoms with E-state index in [1.54, 1.807) is 6.33 Å². The normalized spacial score (nSPS) is 20.1. The molecule has 1 aromatic heterocycles. The Kier molecular flexibility index (Phi) is 10.3. The number of hydrogen-bond donors (Lipinski definition) is 2. The molecule has 0 bridgehead atoms. The summed E-state index contributed by atoms with van der Waals surface area (Å²) >= 11 is 0. The number of nitrogens with zero attached hydrogens (tertiary/aromatic N) is 2. The van der Waals surface area contributed by atoms with Crippen LogP contribution in [0.25, 0.3) is 0 Å². The van der Waals surface area contributed by atoms with E-state index in [1.165, 1.54) is 39.0 Å². The first-order valence-electron chi connectivity index (χ1n) is 11.7. The van der Waals surface area contributed by atoms with Crippen LogP contribution in [0.2, 0.25) is 0 Å². The summed E-state index contributed by atoms with van der Waals surface area (Å²) in [7, 11) is 0.